The van der Waals surface area contributed by atoms with Crippen LogP contribution in [0, 0.1) is 0 Å². The molecule has 0 atom stereocenters. The molecule has 0 saturated carbocycles. The topological polar surface area (TPSA) is 54.0 Å². The molecule has 0 unspecified atom stereocenters. The smallest absolute Gasteiger partial charge is 0.257 e. The van der Waals surface area contributed by atoms with Crippen LogP contribution in [0.4, 0.5) is 11.5 Å². The van der Waals surface area contributed by atoms with Gasteiger partial charge in [0.1, 0.15) is 5.82 Å². The van der Waals surface area contributed by atoms with Crippen LogP contribution in [-0.4, -0.2) is 10.9 Å². The first kappa shape index (κ1) is 16.2. The van der Waals surface area contributed by atoms with Crippen molar-refractivity contribution in [1.29, 1.82) is 0 Å². The van der Waals surface area contributed by atoms with E-state index in [1.54, 1.807) is 18.3 Å². The summed E-state index contributed by atoms with van der Waals surface area (Å²) in [4.78, 5) is 16.5. The number of hydrogen-bond donors (Lipinski definition) is 2. The van der Waals surface area contributed by atoms with Gasteiger partial charge in [0.15, 0.2) is 0 Å². The fourth-order valence-electron chi connectivity index (χ4n) is 2.19. The number of pyridine rings is 1. The van der Waals surface area contributed by atoms with Crippen LogP contribution in [-0.2, 0) is 6.54 Å². The predicted molar refractivity (Wildman–Crippen MR) is 100 cm³/mol. The summed E-state index contributed by atoms with van der Waals surface area (Å²) >= 11 is 3.38. The van der Waals surface area contributed by atoms with Crippen LogP contribution in [0.25, 0.3) is 0 Å². The summed E-state index contributed by atoms with van der Waals surface area (Å²) in [5.74, 6) is 0.549. The minimum absolute atomic E-state index is 0.185. The molecule has 3 aromatic rings. The number of aromatic nitrogens is 1. The quantitative estimate of drug-likeness (QED) is 0.672. The van der Waals surface area contributed by atoms with Crippen LogP contribution in [0.5, 0.6) is 0 Å². The lowest BCUT2D eigenvalue weighted by atomic mass is 10.2. The van der Waals surface area contributed by atoms with Crippen LogP contribution in [0.3, 0.4) is 0 Å². The number of anilines is 2. The van der Waals surface area contributed by atoms with Gasteiger partial charge >= 0.3 is 0 Å². The molecular weight excluding hydrogens is 366 g/mol. The molecule has 0 fully saturated rings. The number of benzene rings is 2. The van der Waals surface area contributed by atoms with Crippen LogP contribution in [0.1, 0.15) is 15.9 Å². The Balaban J connectivity index is 1.60. The van der Waals surface area contributed by atoms with Gasteiger partial charge < -0.3 is 10.6 Å². The van der Waals surface area contributed by atoms with Crippen LogP contribution in [0.15, 0.2) is 77.4 Å². The lowest BCUT2D eigenvalue weighted by Crippen LogP contribution is -2.12. The highest BCUT2D eigenvalue weighted by atomic mass is 79.9. The number of nitrogens with one attached hydrogen (secondary N) is 2. The monoisotopic (exact) mass is 381 g/mol. The Hall–Kier alpha value is -2.66. The summed E-state index contributed by atoms with van der Waals surface area (Å²) in [6.07, 6.45) is 1.57. The Kier molecular flexibility index (Phi) is 5.23. The van der Waals surface area contributed by atoms with E-state index in [0.29, 0.717) is 12.1 Å². The van der Waals surface area contributed by atoms with Crippen molar-refractivity contribution in [2.45, 2.75) is 6.54 Å². The van der Waals surface area contributed by atoms with E-state index in [1.807, 2.05) is 54.6 Å². The summed E-state index contributed by atoms with van der Waals surface area (Å²) in [6.45, 7) is 0.692. The standard InChI is InChI=1S/C19H16BrN3O/c20-16-7-4-8-17(11-16)23-19(24)15-9-10-18(22-13-15)21-12-14-5-2-1-3-6-14/h1-11,13H,12H2,(H,21,22)(H,23,24). The van der Waals surface area contributed by atoms with E-state index in [2.05, 4.69) is 31.5 Å². The Labute approximate surface area is 149 Å². The minimum Gasteiger partial charge on any atom is -0.366 e. The van der Waals surface area contributed by atoms with Gasteiger partial charge in [-0.15, -0.1) is 0 Å². The van der Waals surface area contributed by atoms with E-state index in [9.17, 15) is 4.79 Å². The van der Waals surface area contributed by atoms with Crippen LogP contribution in [0.2, 0.25) is 0 Å². The summed E-state index contributed by atoms with van der Waals surface area (Å²) < 4.78 is 0.916. The van der Waals surface area contributed by atoms with E-state index < -0.39 is 0 Å². The minimum atomic E-state index is -0.185. The number of hydrogen-bond acceptors (Lipinski definition) is 3. The molecule has 24 heavy (non-hydrogen) atoms. The third-order valence-electron chi connectivity index (χ3n) is 3.42. The van der Waals surface area contributed by atoms with Crippen molar-refractivity contribution in [3.63, 3.8) is 0 Å². The van der Waals surface area contributed by atoms with Crippen LogP contribution < -0.4 is 10.6 Å². The van der Waals surface area contributed by atoms with Gasteiger partial charge in [-0.25, -0.2) is 4.98 Å². The maximum absolute atomic E-state index is 12.2. The highest BCUT2D eigenvalue weighted by Crippen LogP contribution is 2.16. The summed E-state index contributed by atoms with van der Waals surface area (Å²) in [7, 11) is 0. The van der Waals surface area contributed by atoms with Crippen molar-refractivity contribution in [1.82, 2.24) is 4.98 Å². The van der Waals surface area contributed by atoms with E-state index in [0.717, 1.165) is 16.0 Å². The van der Waals surface area contributed by atoms with Crippen molar-refractivity contribution in [2.24, 2.45) is 0 Å². The molecule has 0 radical (unpaired) electrons. The second kappa shape index (κ2) is 7.75. The van der Waals surface area contributed by atoms with Gasteiger partial charge in [-0.3, -0.25) is 4.79 Å². The summed E-state index contributed by atoms with van der Waals surface area (Å²) in [5, 5.41) is 6.08. The maximum atomic E-state index is 12.2. The largest absolute Gasteiger partial charge is 0.366 e. The highest BCUT2D eigenvalue weighted by molar-refractivity contribution is 9.10. The highest BCUT2D eigenvalue weighted by Gasteiger charge is 2.07. The first-order valence-corrected chi connectivity index (χ1v) is 8.31. The number of carbonyl (C=O) groups is 1. The molecule has 0 aliphatic heterocycles. The fraction of sp³-hybridized carbons (Fsp3) is 0.0526. The van der Waals surface area contributed by atoms with Crippen molar-refractivity contribution in [2.75, 3.05) is 10.6 Å². The molecule has 120 valence electrons. The summed E-state index contributed by atoms with van der Waals surface area (Å²) in [6, 6.07) is 21.1. The zero-order chi connectivity index (χ0) is 16.8. The van der Waals surface area contributed by atoms with E-state index in [1.165, 1.54) is 5.56 Å². The molecular formula is C19H16BrN3O. The van der Waals surface area contributed by atoms with Crippen molar-refractivity contribution in [3.8, 4) is 0 Å². The second-order valence-corrected chi connectivity index (χ2v) is 6.15. The molecule has 0 aliphatic rings. The molecule has 2 aromatic carbocycles. The number of amides is 1. The fourth-order valence-corrected chi connectivity index (χ4v) is 2.59. The Bertz CT molecular complexity index is 820. The number of carbonyl (C=O) groups excluding carboxylic acids is 1. The van der Waals surface area contributed by atoms with Gasteiger partial charge in [-0.2, -0.15) is 0 Å². The zero-order valence-corrected chi connectivity index (χ0v) is 14.5. The third kappa shape index (κ3) is 4.43. The SMILES string of the molecule is O=C(Nc1cccc(Br)c1)c1ccc(NCc2ccccc2)nc1. The molecule has 2 N–H and O–H groups in total. The molecule has 3 rings (SSSR count). The number of nitrogens with zero attached hydrogens (tertiary/aromatic N) is 1. The molecule has 5 heteroatoms. The molecule has 1 heterocycles. The number of halogens is 1. The lowest BCUT2D eigenvalue weighted by Gasteiger charge is -2.08. The third-order valence-corrected chi connectivity index (χ3v) is 3.92. The van der Waals surface area contributed by atoms with E-state index >= 15 is 0 Å². The molecule has 1 aromatic heterocycles. The van der Waals surface area contributed by atoms with Crippen molar-refractivity contribution in [3.05, 3.63) is 88.5 Å². The van der Waals surface area contributed by atoms with Crippen molar-refractivity contribution < 1.29 is 4.79 Å². The predicted octanol–water partition coefficient (Wildman–Crippen LogP) is 4.71. The van der Waals surface area contributed by atoms with Gasteiger partial charge in [0, 0.05) is 22.9 Å². The average molecular weight is 382 g/mol. The lowest BCUT2D eigenvalue weighted by molar-refractivity contribution is 0.102. The Morgan fingerprint density at radius 1 is 1.00 bits per heavy atom. The zero-order valence-electron chi connectivity index (χ0n) is 12.9. The maximum Gasteiger partial charge on any atom is 0.257 e. The molecule has 0 aliphatic carbocycles. The Morgan fingerprint density at radius 3 is 2.54 bits per heavy atom. The summed E-state index contributed by atoms with van der Waals surface area (Å²) in [5.41, 5.74) is 2.43. The first-order valence-electron chi connectivity index (χ1n) is 7.51. The van der Waals surface area contributed by atoms with E-state index in [-0.39, 0.29) is 5.91 Å². The van der Waals surface area contributed by atoms with Gasteiger partial charge in [0.25, 0.3) is 5.91 Å². The van der Waals surface area contributed by atoms with Gasteiger partial charge in [0.05, 0.1) is 5.56 Å². The molecule has 0 spiro atoms. The van der Waals surface area contributed by atoms with Gasteiger partial charge in [-0.1, -0.05) is 52.3 Å². The molecule has 0 saturated heterocycles. The Morgan fingerprint density at radius 2 is 1.83 bits per heavy atom. The van der Waals surface area contributed by atoms with Gasteiger partial charge in [-0.05, 0) is 35.9 Å². The molecule has 1 amide bonds. The van der Waals surface area contributed by atoms with Gasteiger partial charge in [0.2, 0.25) is 0 Å². The first-order chi connectivity index (χ1) is 11.7. The normalized spacial score (nSPS) is 10.2. The number of rotatable bonds is 5. The van der Waals surface area contributed by atoms with Crippen LogP contribution >= 0.6 is 15.9 Å². The van der Waals surface area contributed by atoms with E-state index in [4.69, 9.17) is 0 Å². The second-order valence-electron chi connectivity index (χ2n) is 5.24. The van der Waals surface area contributed by atoms with Crippen molar-refractivity contribution >= 4 is 33.3 Å². The molecule has 0 bridgehead atoms. The average Bonchev–Trinajstić information content (AvgIpc) is 2.61. The molecule has 4 nitrogen and oxygen atoms in total.